The zero-order chi connectivity index (χ0) is 13.3. The Morgan fingerprint density at radius 3 is 2.44 bits per heavy atom. The lowest BCUT2D eigenvalue weighted by Gasteiger charge is -2.09. The van der Waals surface area contributed by atoms with E-state index in [2.05, 4.69) is 23.9 Å². The van der Waals surface area contributed by atoms with Crippen molar-refractivity contribution >= 4 is 11.6 Å². The molecule has 0 aliphatic heterocycles. The molecule has 1 heterocycles. The summed E-state index contributed by atoms with van der Waals surface area (Å²) in [6, 6.07) is 7.35. The first-order valence-electron chi connectivity index (χ1n) is 5.98. The second-order valence-corrected chi connectivity index (χ2v) is 5.04. The van der Waals surface area contributed by atoms with Crippen molar-refractivity contribution < 1.29 is 0 Å². The molecule has 0 bridgehead atoms. The summed E-state index contributed by atoms with van der Waals surface area (Å²) in [7, 11) is 0. The average molecular weight is 265 g/mol. The van der Waals surface area contributed by atoms with Gasteiger partial charge in [-0.05, 0) is 19.1 Å². The van der Waals surface area contributed by atoms with Gasteiger partial charge in [-0.2, -0.15) is 5.10 Å². The van der Waals surface area contributed by atoms with Crippen LogP contribution in [0.5, 0.6) is 0 Å². The van der Waals surface area contributed by atoms with Crippen LogP contribution in [-0.4, -0.2) is 14.8 Å². The summed E-state index contributed by atoms with van der Waals surface area (Å²) in [4.78, 5) is 4.49. The number of nitrogens with zero attached hydrogens (tertiary/aromatic N) is 3. The van der Waals surface area contributed by atoms with Gasteiger partial charge in [0.05, 0.1) is 16.8 Å². The fraction of sp³-hybridized carbons (Fsp3) is 0.385. The molecule has 5 heteroatoms. The van der Waals surface area contributed by atoms with Gasteiger partial charge in [0.25, 0.3) is 0 Å². The van der Waals surface area contributed by atoms with Gasteiger partial charge in [0.2, 0.25) is 0 Å². The van der Waals surface area contributed by atoms with Gasteiger partial charge in [0, 0.05) is 5.92 Å². The third-order valence-electron chi connectivity index (χ3n) is 2.65. The summed E-state index contributed by atoms with van der Waals surface area (Å²) in [5.74, 6) is 1.76. The Morgan fingerprint density at radius 2 is 1.89 bits per heavy atom. The third kappa shape index (κ3) is 2.40. The van der Waals surface area contributed by atoms with Crippen LogP contribution in [0.1, 0.15) is 44.4 Å². The molecule has 0 aliphatic rings. The van der Waals surface area contributed by atoms with E-state index in [0.29, 0.717) is 5.02 Å². The summed E-state index contributed by atoms with van der Waals surface area (Å²) in [5.41, 5.74) is 6.76. The molecule has 0 amide bonds. The van der Waals surface area contributed by atoms with E-state index in [1.165, 1.54) is 0 Å². The molecular weight excluding hydrogens is 248 g/mol. The molecule has 2 aromatic rings. The van der Waals surface area contributed by atoms with Gasteiger partial charge in [-0.3, -0.25) is 0 Å². The Labute approximate surface area is 112 Å². The maximum atomic E-state index is 6.19. The molecule has 0 unspecified atom stereocenters. The summed E-state index contributed by atoms with van der Waals surface area (Å²) in [6.45, 7) is 6.00. The Morgan fingerprint density at radius 1 is 1.22 bits per heavy atom. The van der Waals surface area contributed by atoms with Crippen molar-refractivity contribution in [2.45, 2.75) is 32.7 Å². The summed E-state index contributed by atoms with van der Waals surface area (Å²) in [6.07, 6.45) is 0. The van der Waals surface area contributed by atoms with E-state index in [1.807, 2.05) is 31.2 Å². The van der Waals surface area contributed by atoms with Crippen molar-refractivity contribution in [1.82, 2.24) is 14.8 Å². The summed E-state index contributed by atoms with van der Waals surface area (Å²) < 4.78 is 1.74. The number of hydrogen-bond donors (Lipinski definition) is 1. The molecule has 1 aromatic carbocycles. The van der Waals surface area contributed by atoms with Crippen molar-refractivity contribution in [3.8, 4) is 5.69 Å². The van der Waals surface area contributed by atoms with Crippen LogP contribution in [0.25, 0.3) is 5.69 Å². The minimum absolute atomic E-state index is 0.193. The number of halogens is 1. The normalized spacial score (nSPS) is 13.0. The molecule has 1 aromatic heterocycles. The van der Waals surface area contributed by atoms with Gasteiger partial charge in [-0.15, -0.1) is 0 Å². The highest BCUT2D eigenvalue weighted by Gasteiger charge is 2.17. The first-order valence-corrected chi connectivity index (χ1v) is 6.36. The molecule has 0 saturated heterocycles. The number of nitrogens with two attached hydrogens (primary N) is 1. The van der Waals surface area contributed by atoms with Gasteiger partial charge in [-0.25, -0.2) is 9.67 Å². The number of rotatable bonds is 3. The summed E-state index contributed by atoms with van der Waals surface area (Å²) in [5, 5.41) is 5.14. The maximum Gasteiger partial charge on any atom is 0.153 e. The fourth-order valence-corrected chi connectivity index (χ4v) is 1.90. The van der Waals surface area contributed by atoms with Crippen LogP contribution in [0, 0.1) is 0 Å². The highest BCUT2D eigenvalue weighted by atomic mass is 35.5. The van der Waals surface area contributed by atoms with E-state index >= 15 is 0 Å². The fourth-order valence-electron chi connectivity index (χ4n) is 1.68. The highest BCUT2D eigenvalue weighted by Crippen LogP contribution is 2.23. The lowest BCUT2D eigenvalue weighted by Crippen LogP contribution is -2.13. The van der Waals surface area contributed by atoms with Crippen LogP contribution in [-0.2, 0) is 0 Å². The first-order chi connectivity index (χ1) is 8.50. The van der Waals surface area contributed by atoms with E-state index in [4.69, 9.17) is 17.3 Å². The second kappa shape index (κ2) is 5.08. The van der Waals surface area contributed by atoms with Crippen molar-refractivity contribution in [3.63, 3.8) is 0 Å². The number of para-hydroxylation sites is 1. The van der Waals surface area contributed by atoms with Crippen LogP contribution in [0.15, 0.2) is 24.3 Å². The number of benzene rings is 1. The maximum absolute atomic E-state index is 6.19. The molecule has 4 nitrogen and oxygen atoms in total. The molecule has 0 aliphatic carbocycles. The topological polar surface area (TPSA) is 56.7 Å². The van der Waals surface area contributed by atoms with Crippen molar-refractivity contribution in [3.05, 3.63) is 40.9 Å². The van der Waals surface area contributed by atoms with Crippen LogP contribution in [0.2, 0.25) is 5.02 Å². The van der Waals surface area contributed by atoms with Crippen molar-refractivity contribution in [1.29, 1.82) is 0 Å². The lowest BCUT2D eigenvalue weighted by atomic mass is 10.2. The van der Waals surface area contributed by atoms with Gasteiger partial charge < -0.3 is 5.73 Å². The predicted octanol–water partition coefficient (Wildman–Crippen LogP) is 3.06. The molecule has 18 heavy (non-hydrogen) atoms. The average Bonchev–Trinajstić information content (AvgIpc) is 2.74. The molecule has 1 atom stereocenters. The van der Waals surface area contributed by atoms with Gasteiger partial charge in [-0.1, -0.05) is 37.6 Å². The van der Waals surface area contributed by atoms with Crippen LogP contribution in [0.4, 0.5) is 0 Å². The van der Waals surface area contributed by atoms with Gasteiger partial charge in [0.15, 0.2) is 5.82 Å². The molecule has 2 N–H and O–H groups in total. The Hall–Kier alpha value is -1.39. The highest BCUT2D eigenvalue weighted by molar-refractivity contribution is 6.32. The van der Waals surface area contributed by atoms with E-state index < -0.39 is 0 Å². The second-order valence-electron chi connectivity index (χ2n) is 4.63. The molecule has 0 saturated carbocycles. The minimum atomic E-state index is -0.193. The Bertz CT molecular complexity index is 546. The molecule has 0 spiro atoms. The van der Waals surface area contributed by atoms with Crippen LogP contribution in [0.3, 0.4) is 0 Å². The quantitative estimate of drug-likeness (QED) is 0.927. The van der Waals surface area contributed by atoms with Crippen LogP contribution < -0.4 is 5.73 Å². The molecule has 0 radical (unpaired) electrons. The monoisotopic (exact) mass is 264 g/mol. The molecule has 0 fully saturated rings. The molecule has 96 valence electrons. The third-order valence-corrected chi connectivity index (χ3v) is 2.97. The predicted molar refractivity (Wildman–Crippen MR) is 73.1 cm³/mol. The Kier molecular flexibility index (Phi) is 3.68. The smallest absolute Gasteiger partial charge is 0.153 e. The largest absolute Gasteiger partial charge is 0.322 e. The zero-order valence-electron chi connectivity index (χ0n) is 10.8. The molecule has 2 rings (SSSR count). The van der Waals surface area contributed by atoms with E-state index in [0.717, 1.165) is 17.3 Å². The van der Waals surface area contributed by atoms with Crippen molar-refractivity contribution in [2.75, 3.05) is 0 Å². The molecular formula is C13H17ClN4. The van der Waals surface area contributed by atoms with E-state index in [-0.39, 0.29) is 12.0 Å². The van der Waals surface area contributed by atoms with E-state index in [9.17, 15) is 0 Å². The van der Waals surface area contributed by atoms with Crippen LogP contribution >= 0.6 is 11.6 Å². The first kappa shape index (κ1) is 13.1. The van der Waals surface area contributed by atoms with Crippen molar-refractivity contribution in [2.24, 2.45) is 5.73 Å². The summed E-state index contributed by atoms with van der Waals surface area (Å²) >= 11 is 6.19. The lowest BCUT2D eigenvalue weighted by molar-refractivity contribution is 0.689. The SMILES string of the molecule is CC(C)c1nc([C@@H](C)N)n(-c2ccccc2Cl)n1. The van der Waals surface area contributed by atoms with Gasteiger partial charge in [0.1, 0.15) is 5.82 Å². The standard InChI is InChI=1S/C13H17ClN4/c1-8(2)12-16-13(9(3)15)18(17-12)11-7-5-4-6-10(11)14/h4-9H,15H2,1-3H3/t9-/m1/s1. The zero-order valence-corrected chi connectivity index (χ0v) is 11.5. The Balaban J connectivity index is 2.59. The van der Waals surface area contributed by atoms with Gasteiger partial charge >= 0.3 is 0 Å². The minimum Gasteiger partial charge on any atom is -0.322 e. The number of hydrogen-bond acceptors (Lipinski definition) is 3. The van der Waals surface area contributed by atoms with E-state index in [1.54, 1.807) is 4.68 Å². The number of aromatic nitrogens is 3.